The van der Waals surface area contributed by atoms with Crippen LogP contribution in [0, 0.1) is 11.3 Å². The van der Waals surface area contributed by atoms with E-state index in [-0.39, 0.29) is 0 Å². The number of hydrogen-bond acceptors (Lipinski definition) is 3. The van der Waals surface area contributed by atoms with Gasteiger partial charge in [-0.2, -0.15) is 5.26 Å². The number of fused-ring (bicyclic) bond motifs is 1. The highest BCUT2D eigenvalue weighted by Crippen LogP contribution is 2.24. The number of rotatable bonds is 0. The topological polar surface area (TPSA) is 78.5 Å². The number of aromatic nitrogens is 2. The largest absolute Gasteiger partial charge is 0.369 e. The van der Waals surface area contributed by atoms with Gasteiger partial charge in [-0.25, -0.2) is 4.98 Å². The van der Waals surface area contributed by atoms with Gasteiger partial charge in [-0.05, 0) is 28.1 Å². The van der Waals surface area contributed by atoms with Gasteiger partial charge < -0.3 is 10.7 Å². The summed E-state index contributed by atoms with van der Waals surface area (Å²) in [7, 11) is 0. The molecule has 5 heteroatoms. The van der Waals surface area contributed by atoms with Crippen LogP contribution in [0.25, 0.3) is 11.0 Å². The van der Waals surface area contributed by atoms with Crippen LogP contribution in [0.1, 0.15) is 5.56 Å². The molecule has 1 heterocycles. The second-order valence-corrected chi connectivity index (χ2v) is 3.41. The lowest BCUT2D eigenvalue weighted by Gasteiger charge is -1.93. The van der Waals surface area contributed by atoms with Crippen LogP contribution in [0.4, 0.5) is 5.95 Å². The maximum Gasteiger partial charge on any atom is 0.198 e. The number of anilines is 1. The van der Waals surface area contributed by atoms with Crippen molar-refractivity contribution in [3.05, 3.63) is 22.2 Å². The molecule has 0 saturated heterocycles. The summed E-state index contributed by atoms with van der Waals surface area (Å²) in [5.41, 5.74) is 7.36. The number of nitrogens with one attached hydrogen (secondary N) is 1. The fourth-order valence-corrected chi connectivity index (χ4v) is 1.58. The molecule has 0 amide bonds. The van der Waals surface area contributed by atoms with E-state index in [0.29, 0.717) is 17.0 Å². The molecule has 2 aromatic rings. The summed E-state index contributed by atoms with van der Waals surface area (Å²) in [4.78, 5) is 6.87. The van der Waals surface area contributed by atoms with Gasteiger partial charge in [0.25, 0.3) is 0 Å². The third-order valence-electron chi connectivity index (χ3n) is 1.73. The predicted molar refractivity (Wildman–Crippen MR) is 52.9 cm³/mol. The van der Waals surface area contributed by atoms with Gasteiger partial charge in [0.05, 0.1) is 11.1 Å². The van der Waals surface area contributed by atoms with Crippen LogP contribution >= 0.6 is 15.9 Å². The second-order valence-electron chi connectivity index (χ2n) is 2.55. The molecule has 13 heavy (non-hydrogen) atoms. The molecule has 64 valence electrons. The monoisotopic (exact) mass is 236 g/mol. The molecule has 0 saturated carbocycles. The zero-order valence-electron chi connectivity index (χ0n) is 6.50. The van der Waals surface area contributed by atoms with Crippen molar-refractivity contribution in [1.29, 1.82) is 5.26 Å². The summed E-state index contributed by atoms with van der Waals surface area (Å²) in [5.74, 6) is 0.324. The van der Waals surface area contributed by atoms with Crippen molar-refractivity contribution in [2.45, 2.75) is 0 Å². The Bertz CT molecular complexity index is 509. The predicted octanol–water partition coefficient (Wildman–Crippen LogP) is 1.78. The zero-order valence-corrected chi connectivity index (χ0v) is 8.09. The van der Waals surface area contributed by atoms with Crippen LogP contribution in [0.5, 0.6) is 0 Å². The Hall–Kier alpha value is -1.54. The van der Waals surface area contributed by atoms with Crippen LogP contribution in [-0.2, 0) is 0 Å². The maximum atomic E-state index is 8.85. The average molecular weight is 237 g/mol. The lowest BCUT2D eigenvalue weighted by molar-refractivity contribution is 1.35. The van der Waals surface area contributed by atoms with E-state index in [1.165, 1.54) is 0 Å². The third-order valence-corrected chi connectivity index (χ3v) is 2.39. The second kappa shape index (κ2) is 2.75. The number of nitriles is 1. The normalized spacial score (nSPS) is 10.2. The molecule has 0 spiro atoms. The molecule has 0 fully saturated rings. The summed E-state index contributed by atoms with van der Waals surface area (Å²) in [6, 6.07) is 5.68. The van der Waals surface area contributed by atoms with Gasteiger partial charge in [0.2, 0.25) is 0 Å². The van der Waals surface area contributed by atoms with Crippen molar-refractivity contribution >= 4 is 32.9 Å². The number of nitrogens with two attached hydrogens (primary N) is 1. The lowest BCUT2D eigenvalue weighted by Crippen LogP contribution is -1.84. The Labute approximate surface area is 82.5 Å². The van der Waals surface area contributed by atoms with Gasteiger partial charge in [-0.3, -0.25) is 0 Å². The molecular formula is C8H5BrN4. The molecule has 0 aliphatic heterocycles. The molecule has 4 nitrogen and oxygen atoms in total. The minimum Gasteiger partial charge on any atom is -0.369 e. The number of H-pyrrole nitrogens is 1. The fraction of sp³-hybridized carbons (Fsp3) is 0. The summed E-state index contributed by atoms with van der Waals surface area (Å²) in [5, 5.41) is 8.85. The van der Waals surface area contributed by atoms with E-state index in [0.717, 1.165) is 9.99 Å². The lowest BCUT2D eigenvalue weighted by atomic mass is 10.2. The molecule has 0 unspecified atom stereocenters. The van der Waals surface area contributed by atoms with Crippen molar-refractivity contribution in [3.8, 4) is 6.07 Å². The van der Waals surface area contributed by atoms with Crippen LogP contribution in [-0.4, -0.2) is 9.97 Å². The average Bonchev–Trinajstić information content (AvgIpc) is 2.45. The Balaban J connectivity index is 2.93. The number of imidazole rings is 1. The first-order valence-electron chi connectivity index (χ1n) is 3.56. The Morgan fingerprint density at radius 3 is 3.00 bits per heavy atom. The van der Waals surface area contributed by atoms with Crippen molar-refractivity contribution in [2.24, 2.45) is 0 Å². The molecule has 3 N–H and O–H groups in total. The van der Waals surface area contributed by atoms with Crippen molar-refractivity contribution in [1.82, 2.24) is 9.97 Å². The SMILES string of the molecule is N#Cc1c(Br)ccc2[nH]c(N)nc12. The molecule has 0 atom stereocenters. The number of benzene rings is 1. The Morgan fingerprint density at radius 1 is 1.54 bits per heavy atom. The number of halogens is 1. The van der Waals surface area contributed by atoms with E-state index in [2.05, 4.69) is 32.0 Å². The van der Waals surface area contributed by atoms with Crippen LogP contribution in [0.2, 0.25) is 0 Å². The van der Waals surface area contributed by atoms with E-state index in [1.54, 1.807) is 6.07 Å². The molecule has 0 aliphatic rings. The van der Waals surface area contributed by atoms with Crippen LogP contribution in [0.15, 0.2) is 16.6 Å². The smallest absolute Gasteiger partial charge is 0.198 e. The number of hydrogen-bond donors (Lipinski definition) is 2. The van der Waals surface area contributed by atoms with Crippen molar-refractivity contribution < 1.29 is 0 Å². The van der Waals surface area contributed by atoms with E-state index < -0.39 is 0 Å². The van der Waals surface area contributed by atoms with Crippen LogP contribution < -0.4 is 5.73 Å². The number of nitrogen functional groups attached to an aromatic ring is 1. The first-order valence-corrected chi connectivity index (χ1v) is 4.35. The molecule has 0 radical (unpaired) electrons. The van der Waals surface area contributed by atoms with Crippen LogP contribution in [0.3, 0.4) is 0 Å². The maximum absolute atomic E-state index is 8.85. The first-order chi connectivity index (χ1) is 6.22. The number of nitrogens with zero attached hydrogens (tertiary/aromatic N) is 2. The quantitative estimate of drug-likeness (QED) is 0.732. The number of aromatic amines is 1. The molecule has 0 bridgehead atoms. The molecule has 0 aliphatic carbocycles. The highest BCUT2D eigenvalue weighted by atomic mass is 79.9. The molecule has 1 aromatic carbocycles. The highest BCUT2D eigenvalue weighted by molar-refractivity contribution is 9.10. The summed E-state index contributed by atoms with van der Waals surface area (Å²) in [6.07, 6.45) is 0. The summed E-state index contributed by atoms with van der Waals surface area (Å²) in [6.45, 7) is 0. The van der Waals surface area contributed by atoms with E-state index in [9.17, 15) is 0 Å². The van der Waals surface area contributed by atoms with E-state index in [4.69, 9.17) is 11.0 Å². The first kappa shape index (κ1) is 8.08. The standard InChI is InChI=1S/C8H5BrN4/c9-5-1-2-6-7(4(5)3-10)13-8(11)12-6/h1-2H,(H3,11,12,13). The van der Waals surface area contributed by atoms with E-state index in [1.807, 2.05) is 6.07 Å². The fourth-order valence-electron chi connectivity index (χ4n) is 1.18. The molecule has 1 aromatic heterocycles. The minimum absolute atomic E-state index is 0.324. The molecular weight excluding hydrogens is 232 g/mol. The third kappa shape index (κ3) is 1.15. The van der Waals surface area contributed by atoms with Gasteiger partial charge in [-0.15, -0.1) is 0 Å². The van der Waals surface area contributed by atoms with E-state index >= 15 is 0 Å². The summed E-state index contributed by atoms with van der Waals surface area (Å²) < 4.78 is 0.731. The van der Waals surface area contributed by atoms with Crippen molar-refractivity contribution in [3.63, 3.8) is 0 Å². The Kier molecular flexibility index (Phi) is 1.71. The van der Waals surface area contributed by atoms with Gasteiger partial charge in [-0.1, -0.05) is 0 Å². The van der Waals surface area contributed by atoms with Gasteiger partial charge in [0, 0.05) is 4.47 Å². The van der Waals surface area contributed by atoms with Crippen molar-refractivity contribution in [2.75, 3.05) is 5.73 Å². The van der Waals surface area contributed by atoms with Gasteiger partial charge in [0.15, 0.2) is 5.95 Å². The zero-order chi connectivity index (χ0) is 9.42. The summed E-state index contributed by atoms with van der Waals surface area (Å²) >= 11 is 3.27. The van der Waals surface area contributed by atoms with Gasteiger partial charge >= 0.3 is 0 Å². The van der Waals surface area contributed by atoms with Gasteiger partial charge in [0.1, 0.15) is 11.6 Å². The Morgan fingerprint density at radius 2 is 2.31 bits per heavy atom. The molecule has 2 rings (SSSR count). The minimum atomic E-state index is 0.324. The highest BCUT2D eigenvalue weighted by Gasteiger charge is 2.08.